The summed E-state index contributed by atoms with van der Waals surface area (Å²) in [4.78, 5) is 15.1. The van der Waals surface area contributed by atoms with Gasteiger partial charge in [-0.25, -0.2) is 9.71 Å². The summed E-state index contributed by atoms with van der Waals surface area (Å²) in [7, 11) is -3.82. The van der Waals surface area contributed by atoms with Crippen LogP contribution >= 0.6 is 0 Å². The van der Waals surface area contributed by atoms with E-state index in [1.165, 1.54) is 12.3 Å². The Labute approximate surface area is 101 Å². The molecule has 0 saturated carbocycles. The van der Waals surface area contributed by atoms with Gasteiger partial charge in [-0.15, -0.1) is 0 Å². The summed E-state index contributed by atoms with van der Waals surface area (Å²) in [5.41, 5.74) is 0. The smallest absolute Gasteiger partial charge is 0.274 e. The van der Waals surface area contributed by atoms with E-state index in [4.69, 9.17) is 0 Å². The average molecular weight is 256 g/mol. The summed E-state index contributed by atoms with van der Waals surface area (Å²) >= 11 is 0. The van der Waals surface area contributed by atoms with Crippen LogP contribution in [0.4, 0.5) is 0 Å². The highest BCUT2D eigenvalue weighted by atomic mass is 32.2. The quantitative estimate of drug-likeness (QED) is 0.862. The molecule has 1 amide bonds. The lowest BCUT2D eigenvalue weighted by Crippen LogP contribution is -2.31. The first kappa shape index (κ1) is 13.6. The van der Waals surface area contributed by atoms with Crippen molar-refractivity contribution in [2.45, 2.75) is 31.7 Å². The van der Waals surface area contributed by atoms with E-state index in [1.807, 2.05) is 18.6 Å². The van der Waals surface area contributed by atoms with Crippen LogP contribution in [0.1, 0.15) is 26.7 Å². The van der Waals surface area contributed by atoms with Gasteiger partial charge in [-0.1, -0.05) is 19.9 Å². The van der Waals surface area contributed by atoms with Crippen molar-refractivity contribution in [1.82, 2.24) is 9.71 Å². The Balaban J connectivity index is 2.65. The van der Waals surface area contributed by atoms with Crippen molar-refractivity contribution in [3.8, 4) is 0 Å². The molecule has 1 heterocycles. The van der Waals surface area contributed by atoms with Crippen molar-refractivity contribution < 1.29 is 13.2 Å². The van der Waals surface area contributed by atoms with Gasteiger partial charge in [0.2, 0.25) is 5.91 Å². The molecule has 1 rings (SSSR count). The summed E-state index contributed by atoms with van der Waals surface area (Å²) in [6.45, 7) is 3.95. The molecule has 0 fully saturated rings. The highest BCUT2D eigenvalue weighted by Crippen LogP contribution is 2.06. The third-order valence-electron chi connectivity index (χ3n) is 2.11. The largest absolute Gasteiger partial charge is 0.281 e. The SMILES string of the molecule is CC(C)CCC(=O)NS(=O)(=O)c1ccccn1. The Morgan fingerprint density at radius 1 is 1.41 bits per heavy atom. The Hall–Kier alpha value is -1.43. The number of aromatic nitrogens is 1. The van der Waals surface area contributed by atoms with Crippen molar-refractivity contribution in [1.29, 1.82) is 0 Å². The number of amides is 1. The Kier molecular flexibility index (Phi) is 4.62. The fourth-order valence-electron chi connectivity index (χ4n) is 1.18. The van der Waals surface area contributed by atoms with Crippen LogP contribution in [0.15, 0.2) is 29.4 Å². The van der Waals surface area contributed by atoms with Gasteiger partial charge in [-0.05, 0) is 24.5 Å². The van der Waals surface area contributed by atoms with Gasteiger partial charge in [0.05, 0.1) is 0 Å². The maximum absolute atomic E-state index is 11.7. The van der Waals surface area contributed by atoms with E-state index >= 15 is 0 Å². The summed E-state index contributed by atoms with van der Waals surface area (Å²) in [6, 6.07) is 4.51. The van der Waals surface area contributed by atoms with Crippen molar-refractivity contribution in [2.24, 2.45) is 5.92 Å². The molecule has 0 aliphatic carbocycles. The third kappa shape index (κ3) is 4.52. The topological polar surface area (TPSA) is 76.1 Å². The van der Waals surface area contributed by atoms with E-state index in [2.05, 4.69) is 4.98 Å². The van der Waals surface area contributed by atoms with Crippen LogP contribution in [0.25, 0.3) is 0 Å². The van der Waals surface area contributed by atoms with E-state index in [1.54, 1.807) is 12.1 Å². The number of pyridine rings is 1. The van der Waals surface area contributed by atoms with Gasteiger partial charge in [-0.3, -0.25) is 4.79 Å². The summed E-state index contributed by atoms with van der Waals surface area (Å²) in [6.07, 6.45) is 2.22. The number of rotatable bonds is 5. The molecule has 1 aromatic heterocycles. The lowest BCUT2D eigenvalue weighted by atomic mass is 10.1. The molecule has 0 bridgehead atoms. The van der Waals surface area contributed by atoms with Crippen molar-refractivity contribution in [2.75, 3.05) is 0 Å². The van der Waals surface area contributed by atoms with E-state index in [0.29, 0.717) is 12.3 Å². The maximum Gasteiger partial charge on any atom is 0.281 e. The first-order valence-corrected chi connectivity index (χ1v) is 6.87. The van der Waals surface area contributed by atoms with Gasteiger partial charge in [0, 0.05) is 12.6 Å². The molecule has 6 heteroatoms. The van der Waals surface area contributed by atoms with Gasteiger partial charge in [0.25, 0.3) is 10.0 Å². The Morgan fingerprint density at radius 2 is 2.12 bits per heavy atom. The van der Waals surface area contributed by atoms with E-state index in [9.17, 15) is 13.2 Å². The van der Waals surface area contributed by atoms with Crippen LogP contribution in [0, 0.1) is 5.92 Å². The van der Waals surface area contributed by atoms with Crippen LogP contribution in [0.2, 0.25) is 0 Å². The van der Waals surface area contributed by atoms with Gasteiger partial charge < -0.3 is 0 Å². The molecule has 0 aromatic carbocycles. The number of nitrogens with zero attached hydrogens (tertiary/aromatic N) is 1. The minimum absolute atomic E-state index is 0.141. The number of carbonyl (C=O) groups is 1. The molecule has 0 unspecified atom stereocenters. The van der Waals surface area contributed by atoms with E-state index < -0.39 is 15.9 Å². The van der Waals surface area contributed by atoms with Gasteiger partial charge in [0.1, 0.15) is 0 Å². The number of nitrogens with one attached hydrogen (secondary N) is 1. The zero-order valence-electron chi connectivity index (χ0n) is 9.88. The molecule has 0 spiro atoms. The fourth-order valence-corrected chi connectivity index (χ4v) is 2.14. The van der Waals surface area contributed by atoms with Gasteiger partial charge >= 0.3 is 0 Å². The second kappa shape index (κ2) is 5.77. The predicted octanol–water partition coefficient (Wildman–Crippen LogP) is 1.32. The normalized spacial score (nSPS) is 11.5. The molecular weight excluding hydrogens is 240 g/mol. The van der Waals surface area contributed by atoms with Crippen LogP contribution in [0.5, 0.6) is 0 Å². The number of hydrogen-bond donors (Lipinski definition) is 1. The molecule has 94 valence electrons. The molecule has 0 radical (unpaired) electrons. The molecule has 0 atom stereocenters. The lowest BCUT2D eigenvalue weighted by molar-refractivity contribution is -0.119. The molecule has 0 aliphatic heterocycles. The van der Waals surface area contributed by atoms with Crippen LogP contribution in [-0.4, -0.2) is 19.3 Å². The number of sulfonamides is 1. The summed E-state index contributed by atoms with van der Waals surface area (Å²) < 4.78 is 25.4. The standard InChI is InChI=1S/C11H16N2O3S/c1-9(2)6-7-10(14)13-17(15,16)11-5-3-4-8-12-11/h3-5,8-9H,6-7H2,1-2H3,(H,13,14). The molecule has 0 aliphatic rings. The minimum atomic E-state index is -3.82. The molecular formula is C11H16N2O3S. The maximum atomic E-state index is 11.7. The number of hydrogen-bond acceptors (Lipinski definition) is 4. The Morgan fingerprint density at radius 3 is 2.65 bits per heavy atom. The van der Waals surface area contributed by atoms with Gasteiger partial charge in [-0.2, -0.15) is 8.42 Å². The summed E-state index contributed by atoms with van der Waals surface area (Å²) in [5.74, 6) is -0.136. The lowest BCUT2D eigenvalue weighted by Gasteiger charge is -2.07. The molecule has 17 heavy (non-hydrogen) atoms. The fraction of sp³-hybridized carbons (Fsp3) is 0.455. The minimum Gasteiger partial charge on any atom is -0.274 e. The van der Waals surface area contributed by atoms with Crippen molar-refractivity contribution in [3.63, 3.8) is 0 Å². The summed E-state index contributed by atoms with van der Waals surface area (Å²) in [5, 5.41) is -0.141. The first-order valence-electron chi connectivity index (χ1n) is 5.38. The monoisotopic (exact) mass is 256 g/mol. The zero-order valence-corrected chi connectivity index (χ0v) is 10.7. The van der Waals surface area contributed by atoms with Gasteiger partial charge in [0.15, 0.2) is 5.03 Å². The van der Waals surface area contributed by atoms with Crippen molar-refractivity contribution in [3.05, 3.63) is 24.4 Å². The molecule has 1 aromatic rings. The van der Waals surface area contributed by atoms with E-state index in [0.717, 1.165) is 0 Å². The van der Waals surface area contributed by atoms with Crippen LogP contribution in [0.3, 0.4) is 0 Å². The number of carbonyl (C=O) groups excluding carboxylic acids is 1. The average Bonchev–Trinajstić information content (AvgIpc) is 2.27. The van der Waals surface area contributed by atoms with Crippen LogP contribution < -0.4 is 4.72 Å². The highest BCUT2D eigenvalue weighted by molar-refractivity contribution is 7.90. The van der Waals surface area contributed by atoms with E-state index in [-0.39, 0.29) is 11.4 Å². The molecule has 1 N–H and O–H groups in total. The third-order valence-corrected chi connectivity index (χ3v) is 3.40. The van der Waals surface area contributed by atoms with Crippen LogP contribution in [-0.2, 0) is 14.8 Å². The Bertz CT molecular complexity index is 469. The van der Waals surface area contributed by atoms with Crippen molar-refractivity contribution >= 4 is 15.9 Å². The predicted molar refractivity (Wildman–Crippen MR) is 63.6 cm³/mol. The highest BCUT2D eigenvalue weighted by Gasteiger charge is 2.18. The first-order chi connectivity index (χ1) is 7.92. The molecule has 0 saturated heterocycles. The molecule has 5 nitrogen and oxygen atoms in total. The zero-order chi connectivity index (χ0) is 12.9. The second-order valence-corrected chi connectivity index (χ2v) is 5.76. The second-order valence-electron chi connectivity index (χ2n) is 4.13.